The van der Waals surface area contributed by atoms with Crippen molar-refractivity contribution in [2.24, 2.45) is 0 Å². The van der Waals surface area contributed by atoms with Gasteiger partial charge in [0.2, 0.25) is 0 Å². The van der Waals surface area contributed by atoms with E-state index < -0.39 is 0 Å². The number of halogens is 1. The van der Waals surface area contributed by atoms with Crippen LogP contribution < -0.4 is 5.32 Å². The van der Waals surface area contributed by atoms with Gasteiger partial charge in [-0.05, 0) is 49.7 Å². The zero-order chi connectivity index (χ0) is 24.2. The minimum absolute atomic E-state index is 0.136. The number of amides is 1. The monoisotopic (exact) mass is 530 g/mol. The van der Waals surface area contributed by atoms with E-state index in [1.54, 1.807) is 11.3 Å². The third-order valence-corrected chi connectivity index (χ3v) is 8.60. The minimum Gasteiger partial charge on any atom is -0.379 e. The highest BCUT2D eigenvalue weighted by Gasteiger charge is 2.19. The highest BCUT2D eigenvalue weighted by Crippen LogP contribution is 2.30. The third-order valence-electron chi connectivity index (χ3n) is 6.75. The number of hydrogen-bond acceptors (Lipinski definition) is 6. The molecule has 3 aromatic rings. The van der Waals surface area contributed by atoms with Gasteiger partial charge in [0.25, 0.3) is 5.91 Å². The van der Waals surface area contributed by atoms with Crippen LogP contribution in [-0.4, -0.2) is 66.2 Å². The summed E-state index contributed by atoms with van der Waals surface area (Å²) < 4.78 is 8.38. The molecule has 0 atom stereocenters. The number of morpholine rings is 1. The molecular weight excluding hydrogens is 500 g/mol. The second-order valence-corrected chi connectivity index (χ2v) is 11.2. The van der Waals surface area contributed by atoms with Crippen LogP contribution in [0.5, 0.6) is 0 Å². The summed E-state index contributed by atoms with van der Waals surface area (Å²) in [5.41, 5.74) is 1.57. The number of aromatic nitrogens is 1. The van der Waals surface area contributed by atoms with Crippen LogP contribution in [0.3, 0.4) is 0 Å². The van der Waals surface area contributed by atoms with Crippen molar-refractivity contribution in [1.29, 1.82) is 0 Å². The summed E-state index contributed by atoms with van der Waals surface area (Å²) in [7, 11) is 0. The first-order valence-electron chi connectivity index (χ1n) is 12.3. The van der Waals surface area contributed by atoms with Crippen LogP contribution in [0.15, 0.2) is 36.5 Å². The number of likely N-dealkylation sites (tertiary alicyclic amines) is 1. The van der Waals surface area contributed by atoms with Crippen LogP contribution in [0, 0.1) is 4.51 Å². The summed E-state index contributed by atoms with van der Waals surface area (Å²) in [4.78, 5) is 20.6. The number of hydrogen-bond donors (Lipinski definition) is 1. The van der Waals surface area contributed by atoms with Gasteiger partial charge in [-0.2, -0.15) is 0 Å². The third kappa shape index (κ3) is 6.13. The summed E-state index contributed by atoms with van der Waals surface area (Å²) in [5, 5.41) is 4.74. The molecule has 0 aliphatic carbocycles. The highest BCUT2D eigenvalue weighted by atomic mass is 35.5. The molecule has 4 heterocycles. The molecule has 35 heavy (non-hydrogen) atoms. The fourth-order valence-electron chi connectivity index (χ4n) is 4.75. The number of nitrogens with one attached hydrogen (secondary N) is 1. The Morgan fingerprint density at radius 2 is 1.80 bits per heavy atom. The molecule has 2 aliphatic heterocycles. The van der Waals surface area contributed by atoms with Crippen molar-refractivity contribution < 1.29 is 9.53 Å². The van der Waals surface area contributed by atoms with Crippen LogP contribution in [0.2, 0.25) is 5.02 Å². The van der Waals surface area contributed by atoms with E-state index >= 15 is 0 Å². The second-order valence-electron chi connectivity index (χ2n) is 9.24. The number of pyridine rings is 1. The Morgan fingerprint density at radius 1 is 1.06 bits per heavy atom. The largest absolute Gasteiger partial charge is 0.379 e. The van der Waals surface area contributed by atoms with Crippen LogP contribution in [0.4, 0.5) is 0 Å². The van der Waals surface area contributed by atoms with Crippen molar-refractivity contribution in [3.8, 4) is 0 Å². The number of benzene rings is 1. The van der Waals surface area contributed by atoms with Gasteiger partial charge in [0.15, 0.2) is 0 Å². The maximum atomic E-state index is 13.2. The Bertz CT molecular complexity index is 1230. The van der Waals surface area contributed by atoms with Crippen molar-refractivity contribution in [3.05, 3.63) is 62.1 Å². The molecule has 0 spiro atoms. The molecule has 5 rings (SSSR count). The Hall–Kier alpha value is -1.81. The van der Waals surface area contributed by atoms with Crippen molar-refractivity contribution in [1.82, 2.24) is 19.7 Å². The van der Waals surface area contributed by atoms with Gasteiger partial charge in [-0.1, -0.05) is 36.0 Å². The maximum Gasteiger partial charge on any atom is 0.254 e. The number of fused-ring (bicyclic) bond motifs is 1. The molecule has 0 unspecified atom stereocenters. The predicted molar refractivity (Wildman–Crippen MR) is 145 cm³/mol. The minimum atomic E-state index is -0.136. The molecule has 2 aliphatic rings. The lowest BCUT2D eigenvalue weighted by atomic mass is 10.2. The van der Waals surface area contributed by atoms with Crippen LogP contribution in [-0.2, 0) is 24.4 Å². The number of nitrogens with zero attached hydrogens (tertiary/aromatic N) is 3. The van der Waals surface area contributed by atoms with Crippen LogP contribution >= 0.6 is 35.2 Å². The van der Waals surface area contributed by atoms with Gasteiger partial charge in [0.1, 0.15) is 4.83 Å². The molecule has 186 valence electrons. The summed E-state index contributed by atoms with van der Waals surface area (Å²) in [5.74, 6) is -0.136. The van der Waals surface area contributed by atoms with Gasteiger partial charge < -0.3 is 19.5 Å². The molecule has 0 bridgehead atoms. The fourth-order valence-corrected chi connectivity index (χ4v) is 6.44. The van der Waals surface area contributed by atoms with Crippen LogP contribution in [0.25, 0.3) is 10.2 Å². The van der Waals surface area contributed by atoms with E-state index in [9.17, 15) is 4.79 Å². The smallest absolute Gasteiger partial charge is 0.254 e. The second kappa shape index (κ2) is 11.5. The van der Waals surface area contributed by atoms with Gasteiger partial charge in [-0.15, -0.1) is 11.3 Å². The molecule has 2 fully saturated rings. The van der Waals surface area contributed by atoms with Crippen molar-refractivity contribution in [3.63, 3.8) is 0 Å². The topological polar surface area (TPSA) is 49.7 Å². The molecule has 9 heteroatoms. The predicted octanol–water partition coefficient (Wildman–Crippen LogP) is 4.94. The number of ether oxygens (including phenoxy) is 1. The van der Waals surface area contributed by atoms with E-state index in [2.05, 4.69) is 25.8 Å². The van der Waals surface area contributed by atoms with Crippen LogP contribution in [0.1, 0.15) is 33.6 Å². The lowest BCUT2D eigenvalue weighted by Crippen LogP contribution is -2.35. The van der Waals surface area contributed by atoms with Gasteiger partial charge in [0.05, 0.1) is 23.3 Å². The molecule has 0 radical (unpaired) electrons. The summed E-state index contributed by atoms with van der Waals surface area (Å²) >= 11 is 13.6. The molecule has 0 saturated carbocycles. The first kappa shape index (κ1) is 24.9. The van der Waals surface area contributed by atoms with E-state index in [0.717, 1.165) is 74.8 Å². The lowest BCUT2D eigenvalue weighted by Gasteiger charge is -2.25. The molecule has 1 amide bonds. The number of carbonyl (C=O) groups excluding carboxylic acids is 1. The molecule has 2 saturated heterocycles. The molecule has 1 aromatic carbocycles. The summed E-state index contributed by atoms with van der Waals surface area (Å²) in [6.45, 7) is 8.93. The first-order valence-corrected chi connectivity index (χ1v) is 13.9. The number of thiophene rings is 1. The average Bonchev–Trinajstić information content (AvgIpc) is 3.54. The van der Waals surface area contributed by atoms with Gasteiger partial charge in [-0.25, -0.2) is 0 Å². The van der Waals surface area contributed by atoms with Crippen molar-refractivity contribution in [2.45, 2.75) is 32.5 Å². The summed E-state index contributed by atoms with van der Waals surface area (Å²) in [6.07, 6.45) is 4.51. The standard InChI is InChI=1S/C26H31ClN4O2S2/c27-20-5-3-19(4-6-20)16-28-25(32)23-18-31(10-9-29-7-1-2-8-29)26-22(24(23)34)15-21(35-26)17-30-11-13-33-14-12-30/h3-6,15,18H,1-2,7-14,16-17H2,(H,28,32). The van der Waals surface area contributed by atoms with Gasteiger partial charge >= 0.3 is 0 Å². The first-order chi connectivity index (χ1) is 17.1. The van der Waals surface area contributed by atoms with Gasteiger partial charge in [-0.3, -0.25) is 9.69 Å². The van der Waals surface area contributed by atoms with E-state index in [-0.39, 0.29) is 5.91 Å². The molecule has 2 aromatic heterocycles. The molecule has 6 nitrogen and oxygen atoms in total. The van der Waals surface area contributed by atoms with E-state index in [1.165, 1.54) is 17.7 Å². The Kier molecular flexibility index (Phi) is 8.17. The Balaban J connectivity index is 1.41. The normalized spacial score (nSPS) is 17.3. The van der Waals surface area contributed by atoms with Gasteiger partial charge in [0, 0.05) is 60.8 Å². The zero-order valence-corrected chi connectivity index (χ0v) is 22.2. The zero-order valence-electron chi connectivity index (χ0n) is 19.8. The SMILES string of the molecule is O=C(NCc1ccc(Cl)cc1)c1cn(CCN2CCCC2)c2sc(CN3CCOCC3)cc2c1=S. The van der Waals surface area contributed by atoms with Crippen molar-refractivity contribution in [2.75, 3.05) is 45.9 Å². The summed E-state index contributed by atoms with van der Waals surface area (Å²) in [6, 6.07) is 9.71. The lowest BCUT2D eigenvalue weighted by molar-refractivity contribution is 0.0346. The molecule has 1 N–H and O–H groups in total. The quantitative estimate of drug-likeness (QED) is 0.418. The maximum absolute atomic E-state index is 13.2. The fraction of sp³-hybridized carbons (Fsp3) is 0.462. The van der Waals surface area contributed by atoms with Crippen molar-refractivity contribution >= 4 is 51.3 Å². The Labute approximate surface area is 220 Å². The Morgan fingerprint density at radius 3 is 2.54 bits per heavy atom. The number of rotatable bonds is 8. The number of carbonyl (C=O) groups is 1. The average molecular weight is 531 g/mol. The van der Waals surface area contributed by atoms with E-state index in [4.69, 9.17) is 28.6 Å². The van der Waals surface area contributed by atoms with E-state index in [0.29, 0.717) is 21.6 Å². The highest BCUT2D eigenvalue weighted by molar-refractivity contribution is 7.71. The van der Waals surface area contributed by atoms with E-state index in [1.807, 2.05) is 30.5 Å². The molecular formula is C26H31ClN4O2S2.